The molecule has 7 nitrogen and oxygen atoms in total. The van der Waals surface area contributed by atoms with Crippen LogP contribution < -0.4 is 5.32 Å². The van der Waals surface area contributed by atoms with Crippen molar-refractivity contribution in [2.24, 2.45) is 0 Å². The van der Waals surface area contributed by atoms with Crippen molar-refractivity contribution in [3.05, 3.63) is 63.7 Å². The van der Waals surface area contributed by atoms with Gasteiger partial charge >= 0.3 is 5.97 Å². The van der Waals surface area contributed by atoms with Gasteiger partial charge in [-0.25, -0.2) is 4.79 Å². The van der Waals surface area contributed by atoms with Gasteiger partial charge in [0.15, 0.2) is 0 Å². The number of hydrogen-bond donors (Lipinski definition) is 3. The number of nitro benzene ring substituents is 1. The fraction of sp³-hybridized carbons (Fsp3) is 0.0714. The Morgan fingerprint density at radius 2 is 1.95 bits per heavy atom. The smallest absolute Gasteiger partial charge is 0.338 e. The van der Waals surface area contributed by atoms with Crippen LogP contribution in [0, 0.1) is 10.1 Å². The summed E-state index contributed by atoms with van der Waals surface area (Å²) >= 11 is 0. The maximum atomic E-state index is 11.2. The van der Waals surface area contributed by atoms with Crippen molar-refractivity contribution in [1.82, 2.24) is 0 Å². The molecule has 0 aliphatic carbocycles. The quantitative estimate of drug-likeness (QED) is 0.575. The molecular formula is C14H12N2O5. The van der Waals surface area contributed by atoms with E-state index in [4.69, 9.17) is 10.2 Å². The Morgan fingerprint density at radius 1 is 1.24 bits per heavy atom. The van der Waals surface area contributed by atoms with E-state index in [0.717, 1.165) is 0 Å². The van der Waals surface area contributed by atoms with Crippen LogP contribution in [0.25, 0.3) is 0 Å². The molecule has 0 heterocycles. The molecule has 0 bridgehead atoms. The monoisotopic (exact) mass is 288 g/mol. The molecule has 0 spiro atoms. The van der Waals surface area contributed by atoms with E-state index in [2.05, 4.69) is 5.32 Å². The highest BCUT2D eigenvalue weighted by Gasteiger charge is 2.21. The van der Waals surface area contributed by atoms with Crippen LogP contribution in [-0.2, 0) is 6.61 Å². The Balaban J connectivity index is 2.50. The Labute approximate surface area is 119 Å². The lowest BCUT2D eigenvalue weighted by molar-refractivity contribution is -0.383. The third-order valence-electron chi connectivity index (χ3n) is 2.85. The van der Waals surface area contributed by atoms with E-state index in [1.54, 1.807) is 24.3 Å². The first kappa shape index (κ1) is 14.5. The normalized spacial score (nSPS) is 10.1. The van der Waals surface area contributed by atoms with Gasteiger partial charge in [0, 0.05) is 11.8 Å². The number of nitro groups is 1. The minimum atomic E-state index is -1.26. The number of benzene rings is 2. The predicted molar refractivity (Wildman–Crippen MR) is 75.7 cm³/mol. The predicted octanol–water partition coefficient (Wildman–Crippen LogP) is 2.53. The lowest BCUT2D eigenvalue weighted by atomic mass is 10.1. The zero-order chi connectivity index (χ0) is 15.4. The Hall–Kier alpha value is -2.93. The summed E-state index contributed by atoms with van der Waals surface area (Å²) in [5.41, 5.74) is 0.446. The summed E-state index contributed by atoms with van der Waals surface area (Å²) < 4.78 is 0. The maximum Gasteiger partial charge on any atom is 0.338 e. The number of rotatable bonds is 5. The molecule has 0 aliphatic heterocycles. The molecule has 3 N–H and O–H groups in total. The van der Waals surface area contributed by atoms with E-state index in [1.165, 1.54) is 18.2 Å². The molecule has 0 fully saturated rings. The molecule has 108 valence electrons. The van der Waals surface area contributed by atoms with Crippen LogP contribution in [0.3, 0.4) is 0 Å². The molecule has 0 saturated carbocycles. The van der Waals surface area contributed by atoms with Gasteiger partial charge in [-0.1, -0.05) is 18.2 Å². The van der Waals surface area contributed by atoms with E-state index in [1.807, 2.05) is 0 Å². The molecule has 2 aromatic carbocycles. The van der Waals surface area contributed by atoms with Crippen molar-refractivity contribution in [1.29, 1.82) is 0 Å². The van der Waals surface area contributed by atoms with Crippen molar-refractivity contribution in [2.45, 2.75) is 6.61 Å². The number of carboxylic acids is 1. The maximum absolute atomic E-state index is 11.2. The zero-order valence-corrected chi connectivity index (χ0v) is 10.8. The van der Waals surface area contributed by atoms with Crippen LogP contribution >= 0.6 is 0 Å². The Kier molecular flexibility index (Phi) is 4.15. The molecule has 2 aromatic rings. The highest BCUT2D eigenvalue weighted by molar-refractivity contribution is 5.98. The Bertz CT molecular complexity index is 667. The van der Waals surface area contributed by atoms with Gasteiger partial charge in [-0.3, -0.25) is 10.1 Å². The second kappa shape index (κ2) is 6.02. The fourth-order valence-corrected chi connectivity index (χ4v) is 1.89. The number of nitrogens with zero attached hydrogens (tertiary/aromatic N) is 1. The summed E-state index contributed by atoms with van der Waals surface area (Å²) in [5, 5.41) is 32.0. The van der Waals surface area contributed by atoms with Crippen molar-refractivity contribution in [3.63, 3.8) is 0 Å². The number of carbonyl (C=O) groups is 1. The van der Waals surface area contributed by atoms with E-state index in [-0.39, 0.29) is 23.5 Å². The first-order valence-electron chi connectivity index (χ1n) is 6.00. The molecule has 0 aliphatic rings. The first-order valence-corrected chi connectivity index (χ1v) is 6.00. The second-order valence-electron chi connectivity index (χ2n) is 4.25. The van der Waals surface area contributed by atoms with Gasteiger partial charge in [0.2, 0.25) is 0 Å². The van der Waals surface area contributed by atoms with E-state index in [0.29, 0.717) is 11.3 Å². The summed E-state index contributed by atoms with van der Waals surface area (Å²) in [6.07, 6.45) is 0. The van der Waals surface area contributed by atoms with Gasteiger partial charge in [-0.15, -0.1) is 0 Å². The summed E-state index contributed by atoms with van der Waals surface area (Å²) in [6.45, 7) is -0.182. The van der Waals surface area contributed by atoms with Crippen LogP contribution in [0.2, 0.25) is 0 Å². The van der Waals surface area contributed by atoms with Crippen molar-refractivity contribution in [3.8, 4) is 0 Å². The number of aliphatic hydroxyl groups is 1. The van der Waals surface area contributed by atoms with Gasteiger partial charge < -0.3 is 15.5 Å². The van der Waals surface area contributed by atoms with E-state index in [9.17, 15) is 14.9 Å². The van der Waals surface area contributed by atoms with Crippen LogP contribution in [0.15, 0.2) is 42.5 Å². The van der Waals surface area contributed by atoms with Gasteiger partial charge in [0.1, 0.15) is 5.69 Å². The van der Waals surface area contributed by atoms with Crippen molar-refractivity contribution < 1.29 is 19.9 Å². The topological polar surface area (TPSA) is 113 Å². The third-order valence-corrected chi connectivity index (χ3v) is 2.85. The zero-order valence-electron chi connectivity index (χ0n) is 10.8. The molecule has 0 unspecified atom stereocenters. The minimum absolute atomic E-state index is 0.0925. The highest BCUT2D eigenvalue weighted by atomic mass is 16.6. The number of hydrogen-bond acceptors (Lipinski definition) is 5. The fourth-order valence-electron chi connectivity index (χ4n) is 1.89. The molecule has 0 aromatic heterocycles. The number of nitrogens with one attached hydrogen (secondary N) is 1. The van der Waals surface area contributed by atoms with Gasteiger partial charge in [0.25, 0.3) is 5.69 Å². The lowest BCUT2D eigenvalue weighted by Crippen LogP contribution is -2.06. The van der Waals surface area contributed by atoms with E-state index >= 15 is 0 Å². The molecule has 0 atom stereocenters. The number of carboxylic acid groups (broad SMARTS) is 1. The summed E-state index contributed by atoms with van der Waals surface area (Å²) in [5.74, 6) is -1.26. The molecule has 0 radical (unpaired) electrons. The van der Waals surface area contributed by atoms with Gasteiger partial charge in [-0.05, 0) is 23.8 Å². The summed E-state index contributed by atoms with van der Waals surface area (Å²) in [4.78, 5) is 21.6. The highest BCUT2D eigenvalue weighted by Crippen LogP contribution is 2.31. The number of aromatic carboxylic acids is 1. The minimum Gasteiger partial charge on any atom is -0.478 e. The molecule has 21 heavy (non-hydrogen) atoms. The van der Waals surface area contributed by atoms with Gasteiger partial charge in [-0.2, -0.15) is 0 Å². The van der Waals surface area contributed by atoms with Crippen LogP contribution in [0.5, 0.6) is 0 Å². The SMILES string of the molecule is O=C(O)c1cccc([N+](=O)[O-])c1Nc1cccc(CO)c1. The number of aliphatic hydroxyl groups excluding tert-OH is 1. The molecule has 7 heteroatoms. The summed E-state index contributed by atoms with van der Waals surface area (Å²) in [7, 11) is 0. The average Bonchev–Trinajstić information content (AvgIpc) is 2.47. The van der Waals surface area contributed by atoms with E-state index < -0.39 is 10.9 Å². The third kappa shape index (κ3) is 3.15. The second-order valence-corrected chi connectivity index (χ2v) is 4.25. The largest absolute Gasteiger partial charge is 0.478 e. The average molecular weight is 288 g/mol. The molecule has 2 rings (SSSR count). The van der Waals surface area contributed by atoms with Crippen LogP contribution in [0.1, 0.15) is 15.9 Å². The summed E-state index contributed by atoms with van der Waals surface area (Å²) in [6, 6.07) is 10.4. The molecule has 0 saturated heterocycles. The standard InChI is InChI=1S/C14H12N2O5/c17-8-9-3-1-4-10(7-9)15-13-11(14(18)19)5-2-6-12(13)16(20)21/h1-7,15,17H,8H2,(H,18,19). The molecule has 0 amide bonds. The van der Waals surface area contributed by atoms with Gasteiger partial charge in [0.05, 0.1) is 17.1 Å². The molecular weight excluding hydrogens is 276 g/mol. The first-order chi connectivity index (χ1) is 10.0. The number of para-hydroxylation sites is 1. The Morgan fingerprint density at radius 3 is 2.57 bits per heavy atom. The van der Waals surface area contributed by atoms with Crippen LogP contribution in [0.4, 0.5) is 17.1 Å². The number of anilines is 2. The lowest BCUT2D eigenvalue weighted by Gasteiger charge is -2.10. The van der Waals surface area contributed by atoms with Crippen molar-refractivity contribution in [2.75, 3.05) is 5.32 Å². The van der Waals surface area contributed by atoms with Crippen molar-refractivity contribution >= 4 is 23.0 Å². The van der Waals surface area contributed by atoms with Crippen LogP contribution in [-0.4, -0.2) is 21.1 Å².